The van der Waals surface area contributed by atoms with Crippen LogP contribution < -0.4 is 0 Å². The second-order valence-electron chi connectivity index (χ2n) is 4.11. The molecule has 1 atom stereocenters. The van der Waals surface area contributed by atoms with Crippen molar-refractivity contribution in [1.82, 2.24) is 0 Å². The Bertz CT molecular complexity index is 261. The van der Waals surface area contributed by atoms with Gasteiger partial charge in [-0.25, -0.2) is 0 Å². The molecule has 0 aliphatic heterocycles. The summed E-state index contributed by atoms with van der Waals surface area (Å²) in [4.78, 5) is 0. The standard InChI is InChI=1S/C14H22OS/c1-2-11-16-12-14(15)10-6-9-13-7-4-3-5-8-13/h3-5,7-8,14-15H,2,6,9-12H2,1H3. The second-order valence-corrected chi connectivity index (χ2v) is 5.26. The van der Waals surface area contributed by atoms with E-state index in [9.17, 15) is 5.11 Å². The van der Waals surface area contributed by atoms with Crippen molar-refractivity contribution in [3.8, 4) is 0 Å². The van der Waals surface area contributed by atoms with Crippen molar-refractivity contribution in [1.29, 1.82) is 0 Å². The van der Waals surface area contributed by atoms with Gasteiger partial charge >= 0.3 is 0 Å². The first-order chi connectivity index (χ1) is 7.83. The van der Waals surface area contributed by atoms with E-state index in [1.165, 1.54) is 12.0 Å². The third-order valence-electron chi connectivity index (χ3n) is 2.50. The SMILES string of the molecule is CCCSCC(O)CCCc1ccccc1. The number of aliphatic hydroxyl groups is 1. The molecule has 0 bridgehead atoms. The minimum absolute atomic E-state index is 0.125. The highest BCUT2D eigenvalue weighted by atomic mass is 32.2. The van der Waals surface area contributed by atoms with Crippen molar-refractivity contribution in [3.05, 3.63) is 35.9 Å². The summed E-state index contributed by atoms with van der Waals surface area (Å²) in [6, 6.07) is 10.5. The molecule has 0 fully saturated rings. The molecule has 1 rings (SSSR count). The second kappa shape index (κ2) is 8.66. The smallest absolute Gasteiger partial charge is 0.0630 e. The Kier molecular flexibility index (Phi) is 7.35. The fourth-order valence-electron chi connectivity index (χ4n) is 1.63. The predicted octanol–water partition coefficient (Wildman–Crippen LogP) is 3.51. The molecule has 0 aromatic heterocycles. The number of hydrogen-bond acceptors (Lipinski definition) is 2. The first kappa shape index (κ1) is 13.6. The van der Waals surface area contributed by atoms with Crippen molar-refractivity contribution in [2.75, 3.05) is 11.5 Å². The van der Waals surface area contributed by atoms with Gasteiger partial charge in [0.15, 0.2) is 0 Å². The lowest BCUT2D eigenvalue weighted by Crippen LogP contribution is -2.10. The van der Waals surface area contributed by atoms with Crippen molar-refractivity contribution in [2.45, 2.75) is 38.7 Å². The van der Waals surface area contributed by atoms with Gasteiger partial charge in [-0.1, -0.05) is 37.3 Å². The molecule has 1 unspecified atom stereocenters. The van der Waals surface area contributed by atoms with E-state index < -0.39 is 0 Å². The zero-order chi connectivity index (χ0) is 11.6. The molecule has 90 valence electrons. The molecule has 0 saturated heterocycles. The molecule has 0 aliphatic carbocycles. The largest absolute Gasteiger partial charge is 0.392 e. The molecule has 0 amide bonds. The van der Waals surface area contributed by atoms with E-state index in [4.69, 9.17) is 0 Å². The van der Waals surface area contributed by atoms with Crippen LogP contribution in [0.15, 0.2) is 30.3 Å². The summed E-state index contributed by atoms with van der Waals surface area (Å²) in [5.41, 5.74) is 1.37. The third-order valence-corrected chi connectivity index (χ3v) is 3.82. The Labute approximate surface area is 103 Å². The summed E-state index contributed by atoms with van der Waals surface area (Å²) in [7, 11) is 0. The van der Waals surface area contributed by atoms with Crippen molar-refractivity contribution in [2.24, 2.45) is 0 Å². The lowest BCUT2D eigenvalue weighted by molar-refractivity contribution is 0.186. The highest BCUT2D eigenvalue weighted by Gasteiger charge is 2.03. The Morgan fingerprint density at radius 1 is 1.25 bits per heavy atom. The van der Waals surface area contributed by atoms with Crippen LogP contribution in [0.25, 0.3) is 0 Å². The third kappa shape index (κ3) is 6.19. The van der Waals surface area contributed by atoms with Gasteiger partial charge in [0.05, 0.1) is 6.10 Å². The molecular formula is C14H22OS. The van der Waals surface area contributed by atoms with E-state index in [2.05, 4.69) is 31.2 Å². The first-order valence-corrected chi connectivity index (χ1v) is 7.28. The molecule has 16 heavy (non-hydrogen) atoms. The topological polar surface area (TPSA) is 20.2 Å². The molecular weight excluding hydrogens is 216 g/mol. The van der Waals surface area contributed by atoms with E-state index in [1.54, 1.807) is 0 Å². The van der Waals surface area contributed by atoms with Crippen molar-refractivity contribution < 1.29 is 5.11 Å². The van der Waals surface area contributed by atoms with Crippen LogP contribution in [-0.4, -0.2) is 22.7 Å². The Morgan fingerprint density at radius 2 is 2.00 bits per heavy atom. The summed E-state index contributed by atoms with van der Waals surface area (Å²) in [5.74, 6) is 2.05. The summed E-state index contributed by atoms with van der Waals surface area (Å²) in [6.45, 7) is 2.18. The maximum absolute atomic E-state index is 9.73. The highest BCUT2D eigenvalue weighted by Crippen LogP contribution is 2.11. The van der Waals surface area contributed by atoms with Crippen molar-refractivity contribution in [3.63, 3.8) is 0 Å². The maximum Gasteiger partial charge on any atom is 0.0630 e. The number of aryl methyl sites for hydroxylation is 1. The zero-order valence-electron chi connectivity index (χ0n) is 10.1. The van der Waals surface area contributed by atoms with Gasteiger partial charge in [0, 0.05) is 5.75 Å². The minimum atomic E-state index is -0.125. The summed E-state index contributed by atoms with van der Waals surface area (Å²) in [5, 5.41) is 9.73. The van der Waals surface area contributed by atoms with Crippen LogP contribution in [0.5, 0.6) is 0 Å². The zero-order valence-corrected chi connectivity index (χ0v) is 10.9. The summed E-state index contributed by atoms with van der Waals surface area (Å²) < 4.78 is 0. The monoisotopic (exact) mass is 238 g/mol. The van der Waals surface area contributed by atoms with Crippen LogP contribution >= 0.6 is 11.8 Å². The first-order valence-electron chi connectivity index (χ1n) is 6.12. The Morgan fingerprint density at radius 3 is 2.69 bits per heavy atom. The highest BCUT2D eigenvalue weighted by molar-refractivity contribution is 7.99. The van der Waals surface area contributed by atoms with Crippen LogP contribution in [0.1, 0.15) is 31.7 Å². The fraction of sp³-hybridized carbons (Fsp3) is 0.571. The lowest BCUT2D eigenvalue weighted by Gasteiger charge is -2.09. The normalized spacial score (nSPS) is 12.6. The molecule has 1 aromatic rings. The van der Waals surface area contributed by atoms with E-state index in [-0.39, 0.29) is 6.10 Å². The lowest BCUT2D eigenvalue weighted by atomic mass is 10.1. The number of rotatable bonds is 8. The quantitative estimate of drug-likeness (QED) is 0.699. The minimum Gasteiger partial charge on any atom is -0.392 e. The molecule has 1 N–H and O–H groups in total. The van der Waals surface area contributed by atoms with Gasteiger partial charge in [-0.3, -0.25) is 0 Å². The molecule has 0 saturated carbocycles. The van der Waals surface area contributed by atoms with E-state index in [1.807, 2.05) is 17.8 Å². The molecule has 1 aromatic carbocycles. The maximum atomic E-state index is 9.73. The van der Waals surface area contributed by atoms with Crippen molar-refractivity contribution >= 4 is 11.8 Å². The van der Waals surface area contributed by atoms with Gasteiger partial charge < -0.3 is 5.11 Å². The molecule has 0 spiro atoms. The van der Waals surface area contributed by atoms with Crippen LogP contribution in [0.2, 0.25) is 0 Å². The molecule has 2 heteroatoms. The number of thioether (sulfide) groups is 1. The van der Waals surface area contributed by atoms with Crippen LogP contribution in [0.4, 0.5) is 0 Å². The Balaban J connectivity index is 2.06. The number of aliphatic hydroxyl groups excluding tert-OH is 1. The van der Waals surface area contributed by atoms with Gasteiger partial charge in [-0.2, -0.15) is 11.8 Å². The van der Waals surface area contributed by atoms with E-state index >= 15 is 0 Å². The van der Waals surface area contributed by atoms with Gasteiger partial charge in [-0.15, -0.1) is 0 Å². The van der Waals surface area contributed by atoms with Crippen LogP contribution in [0, 0.1) is 0 Å². The molecule has 0 heterocycles. The van der Waals surface area contributed by atoms with Crippen LogP contribution in [-0.2, 0) is 6.42 Å². The van der Waals surface area contributed by atoms with Gasteiger partial charge in [0.25, 0.3) is 0 Å². The summed E-state index contributed by atoms with van der Waals surface area (Å²) >= 11 is 1.86. The van der Waals surface area contributed by atoms with Crippen LogP contribution in [0.3, 0.4) is 0 Å². The molecule has 0 aliphatic rings. The molecule has 0 radical (unpaired) electrons. The van der Waals surface area contributed by atoms with Gasteiger partial charge in [0.1, 0.15) is 0 Å². The average molecular weight is 238 g/mol. The Hall–Kier alpha value is -0.470. The average Bonchev–Trinajstić information content (AvgIpc) is 2.31. The fourth-order valence-corrected chi connectivity index (χ4v) is 2.53. The predicted molar refractivity (Wildman–Crippen MR) is 73.0 cm³/mol. The molecule has 1 nitrogen and oxygen atoms in total. The number of hydrogen-bond donors (Lipinski definition) is 1. The van der Waals surface area contributed by atoms with E-state index in [0.29, 0.717) is 0 Å². The number of benzene rings is 1. The summed E-state index contributed by atoms with van der Waals surface area (Å²) in [6.07, 6.45) is 4.15. The van der Waals surface area contributed by atoms with Gasteiger partial charge in [-0.05, 0) is 37.0 Å². The van der Waals surface area contributed by atoms with Gasteiger partial charge in [0.2, 0.25) is 0 Å². The van der Waals surface area contributed by atoms with E-state index in [0.717, 1.165) is 30.8 Å².